The first-order valence-electron chi connectivity index (χ1n) is 24.0. The molecule has 0 radical (unpaired) electrons. The maximum Gasteiger partial charge on any atom is 0.326 e. The summed E-state index contributed by atoms with van der Waals surface area (Å²) in [6.07, 6.45) is 4.33. The Kier molecular flexibility index (Phi) is 22.1. The molecule has 5 unspecified atom stereocenters. The van der Waals surface area contributed by atoms with Crippen LogP contribution >= 0.6 is 0 Å². The number of carbonyl (C=O) groups is 8. The van der Waals surface area contributed by atoms with Crippen molar-refractivity contribution in [3.8, 4) is 0 Å². The minimum absolute atomic E-state index is 0.00287. The Labute approximate surface area is 399 Å². The fourth-order valence-corrected chi connectivity index (χ4v) is 8.82. The quantitative estimate of drug-likeness (QED) is 0.0364. The number of fused-ring (bicyclic) bond motifs is 1. The number of amides is 4. The molecule has 0 heterocycles. The maximum absolute atomic E-state index is 13.8. The van der Waals surface area contributed by atoms with E-state index in [1.807, 2.05) is 61.5 Å². The maximum atomic E-state index is 13.8. The van der Waals surface area contributed by atoms with Gasteiger partial charge in [-0.05, 0) is 104 Å². The number of carboxylic acid groups (broad SMARTS) is 3. The van der Waals surface area contributed by atoms with Crippen LogP contribution in [-0.2, 0) is 46.4 Å². The van der Waals surface area contributed by atoms with Crippen molar-refractivity contribution in [2.45, 2.75) is 135 Å². The summed E-state index contributed by atoms with van der Waals surface area (Å²) >= 11 is 0. The highest BCUT2D eigenvalue weighted by molar-refractivity contribution is 5.92. The molecule has 8 N–H and O–H groups in total. The number of rotatable bonds is 29. The summed E-state index contributed by atoms with van der Waals surface area (Å²) < 4.78 is 0. The molecule has 370 valence electrons. The molecule has 4 amide bonds. The third kappa shape index (κ3) is 18.1. The van der Waals surface area contributed by atoms with Crippen LogP contribution in [0.4, 0.5) is 4.79 Å². The summed E-state index contributed by atoms with van der Waals surface area (Å²) in [7, 11) is 1.76. The van der Waals surface area contributed by atoms with Crippen LogP contribution in [0.25, 0.3) is 10.8 Å². The Morgan fingerprint density at radius 1 is 0.647 bits per heavy atom. The molecule has 0 saturated heterocycles. The summed E-state index contributed by atoms with van der Waals surface area (Å²) in [4.78, 5) is 101. The smallest absolute Gasteiger partial charge is 0.326 e. The van der Waals surface area contributed by atoms with Gasteiger partial charge in [-0.25, -0.2) is 14.4 Å². The minimum Gasteiger partial charge on any atom is -0.481 e. The number of ketones is 2. The number of hydrogen-bond donors (Lipinski definition) is 8. The van der Waals surface area contributed by atoms with E-state index in [1.165, 1.54) is 5.56 Å². The van der Waals surface area contributed by atoms with Gasteiger partial charge in [0.05, 0.1) is 12.0 Å². The average molecular weight is 942 g/mol. The number of nitrogens with one attached hydrogen (secondary N) is 5. The molecule has 1 aliphatic carbocycles. The molecule has 1 aliphatic rings. The van der Waals surface area contributed by atoms with Gasteiger partial charge < -0.3 is 41.9 Å². The molecule has 16 nitrogen and oxygen atoms in total. The largest absolute Gasteiger partial charge is 0.481 e. The average Bonchev–Trinajstić information content (AvgIpc) is 3.30. The van der Waals surface area contributed by atoms with Crippen molar-refractivity contribution in [3.63, 3.8) is 0 Å². The lowest BCUT2D eigenvalue weighted by molar-refractivity contribution is -0.141. The van der Waals surface area contributed by atoms with E-state index in [4.69, 9.17) is 5.11 Å². The molecule has 5 atom stereocenters. The van der Waals surface area contributed by atoms with Gasteiger partial charge in [0.15, 0.2) is 5.78 Å². The molecule has 1 fully saturated rings. The summed E-state index contributed by atoms with van der Waals surface area (Å²) in [5, 5.41) is 43.5. The molecule has 4 rings (SSSR count). The molecule has 0 bridgehead atoms. The first-order valence-corrected chi connectivity index (χ1v) is 24.0. The predicted molar refractivity (Wildman–Crippen MR) is 258 cm³/mol. The summed E-state index contributed by atoms with van der Waals surface area (Å²) in [6.45, 7) is 7.03. The Bertz CT molecular complexity index is 2190. The Morgan fingerprint density at radius 3 is 1.90 bits per heavy atom. The highest BCUT2D eigenvalue weighted by atomic mass is 16.4. The van der Waals surface area contributed by atoms with Gasteiger partial charge in [-0.2, -0.15) is 0 Å². The van der Waals surface area contributed by atoms with Crippen LogP contribution in [-0.4, -0.2) is 101 Å². The van der Waals surface area contributed by atoms with Gasteiger partial charge in [0.2, 0.25) is 11.8 Å². The SMILES string of the molecule is CNCC(CC(=O)C(C)c1ccc(CC(C)C)cc1)C(=O)NCC1CCC(C(=O)NC(Cc2ccc3ccccc3c2)C(=O)CCCCCC(NC(=O)NC(CCC(=O)O)C(=O)O)C(=O)O)CC1. The van der Waals surface area contributed by atoms with Gasteiger partial charge in [0.1, 0.15) is 17.9 Å². The van der Waals surface area contributed by atoms with Crippen LogP contribution in [0.3, 0.4) is 0 Å². The Morgan fingerprint density at radius 2 is 1.28 bits per heavy atom. The lowest BCUT2D eigenvalue weighted by atomic mass is 9.81. The fourth-order valence-electron chi connectivity index (χ4n) is 8.82. The van der Waals surface area contributed by atoms with Gasteiger partial charge in [-0.15, -0.1) is 0 Å². The fraction of sp³-hybridized carbons (Fsp3) is 0.538. The van der Waals surface area contributed by atoms with E-state index in [0.717, 1.165) is 28.3 Å². The van der Waals surface area contributed by atoms with E-state index < -0.39 is 54.4 Å². The third-order valence-corrected chi connectivity index (χ3v) is 12.9. The molecular formula is C52H71N5O11. The number of unbranched alkanes of at least 4 members (excludes halogenated alkanes) is 2. The van der Waals surface area contributed by atoms with Gasteiger partial charge in [-0.1, -0.05) is 100 Å². The second-order valence-corrected chi connectivity index (χ2v) is 18.8. The van der Waals surface area contributed by atoms with E-state index >= 15 is 0 Å². The van der Waals surface area contributed by atoms with E-state index in [2.05, 4.69) is 52.6 Å². The van der Waals surface area contributed by atoms with E-state index in [-0.39, 0.29) is 73.2 Å². The lowest BCUT2D eigenvalue weighted by Gasteiger charge is -2.30. The van der Waals surface area contributed by atoms with Crippen molar-refractivity contribution in [3.05, 3.63) is 83.4 Å². The Hall–Kier alpha value is -6.16. The molecule has 68 heavy (non-hydrogen) atoms. The van der Waals surface area contributed by atoms with Crippen molar-refractivity contribution in [2.24, 2.45) is 23.7 Å². The van der Waals surface area contributed by atoms with Gasteiger partial charge >= 0.3 is 23.9 Å². The summed E-state index contributed by atoms with van der Waals surface area (Å²) in [6, 6.07) is 17.2. The first kappa shape index (κ1) is 54.4. The van der Waals surface area contributed by atoms with Gasteiger partial charge in [0.25, 0.3) is 0 Å². The van der Waals surface area contributed by atoms with E-state index in [0.29, 0.717) is 64.0 Å². The van der Waals surface area contributed by atoms with Crippen molar-refractivity contribution >= 4 is 58.1 Å². The summed E-state index contributed by atoms with van der Waals surface area (Å²) in [5.41, 5.74) is 3.05. The van der Waals surface area contributed by atoms with Crippen LogP contribution < -0.4 is 26.6 Å². The second-order valence-electron chi connectivity index (χ2n) is 18.8. The molecular weight excluding hydrogens is 871 g/mol. The third-order valence-electron chi connectivity index (χ3n) is 12.9. The molecule has 1 saturated carbocycles. The standard InChI is InChI=1S/C52H71N5O11/c1-32(2)26-34-14-19-37(20-15-34)33(3)46(59)29-41(31-53-4)48(62)54-30-35-16-22-39(23-17-35)49(63)55-44(28-36-18-21-38-10-8-9-11-40(38)27-36)45(58)13-7-5-6-12-42(50(64)65)56-52(68)57-43(51(66)67)24-25-47(60)61/h8-11,14-15,18-21,27,32-33,35,39,41-44,53H,5-7,12-13,16-17,22-26,28-31H2,1-4H3,(H,54,62)(H,55,63)(H,60,61)(H,64,65)(H,66,67)(H2,56,57,68). The van der Waals surface area contributed by atoms with Crippen LogP contribution in [0.15, 0.2) is 66.7 Å². The topological polar surface area (TPSA) is 257 Å². The molecule has 3 aromatic rings. The van der Waals surface area contributed by atoms with Crippen molar-refractivity contribution in [1.82, 2.24) is 26.6 Å². The van der Waals surface area contributed by atoms with Crippen LogP contribution in [0.5, 0.6) is 0 Å². The van der Waals surface area contributed by atoms with Crippen LogP contribution in [0, 0.1) is 23.7 Å². The highest BCUT2D eigenvalue weighted by Crippen LogP contribution is 2.29. The van der Waals surface area contributed by atoms with Crippen LogP contribution in [0.1, 0.15) is 120 Å². The number of carbonyl (C=O) groups excluding carboxylic acids is 5. The zero-order chi connectivity index (χ0) is 49.8. The normalized spacial score (nSPS) is 17.0. The number of urea groups is 1. The van der Waals surface area contributed by atoms with Crippen molar-refractivity contribution in [1.29, 1.82) is 0 Å². The number of benzene rings is 3. The molecule has 0 aliphatic heterocycles. The highest BCUT2D eigenvalue weighted by Gasteiger charge is 2.31. The van der Waals surface area contributed by atoms with E-state index in [9.17, 15) is 48.6 Å². The zero-order valence-corrected chi connectivity index (χ0v) is 39.9. The van der Waals surface area contributed by atoms with Crippen molar-refractivity contribution in [2.75, 3.05) is 20.1 Å². The first-order chi connectivity index (χ1) is 32.4. The van der Waals surface area contributed by atoms with Gasteiger partial charge in [0, 0.05) is 44.2 Å². The lowest BCUT2D eigenvalue weighted by Crippen LogP contribution is -2.51. The van der Waals surface area contributed by atoms with Crippen LogP contribution in [0.2, 0.25) is 0 Å². The number of aliphatic carboxylic acids is 3. The van der Waals surface area contributed by atoms with Gasteiger partial charge in [-0.3, -0.25) is 24.0 Å². The second kappa shape index (κ2) is 27.6. The molecule has 16 heteroatoms. The zero-order valence-electron chi connectivity index (χ0n) is 39.9. The number of Topliss-reactive ketones (excluding diaryl/α,β-unsaturated/α-hetero) is 2. The molecule has 0 spiro atoms. The minimum atomic E-state index is -1.52. The Balaban J connectivity index is 1.28. The van der Waals surface area contributed by atoms with E-state index in [1.54, 1.807) is 7.05 Å². The molecule has 3 aromatic carbocycles. The number of carboxylic acids is 3. The predicted octanol–water partition coefficient (Wildman–Crippen LogP) is 6.18. The number of hydrogen-bond acceptors (Lipinski definition) is 9. The summed E-state index contributed by atoms with van der Waals surface area (Å²) in [5.74, 6) is -5.05. The van der Waals surface area contributed by atoms with Crippen molar-refractivity contribution < 1.29 is 53.7 Å². The molecule has 0 aromatic heterocycles. The monoisotopic (exact) mass is 942 g/mol.